The van der Waals surface area contributed by atoms with Crippen molar-refractivity contribution in [3.05, 3.63) is 60.2 Å². The second-order valence-corrected chi connectivity index (χ2v) is 7.05. The van der Waals surface area contributed by atoms with E-state index < -0.39 is 35.7 Å². The summed E-state index contributed by atoms with van der Waals surface area (Å²) in [5, 5.41) is 18.0. The zero-order chi connectivity index (χ0) is 23.3. The first-order valence-electron chi connectivity index (χ1n) is 9.62. The number of anilines is 1. The van der Waals surface area contributed by atoms with E-state index in [4.69, 9.17) is 10.5 Å². The normalized spacial score (nSPS) is 16.9. The summed E-state index contributed by atoms with van der Waals surface area (Å²) in [6.07, 6.45) is -5.70. The number of hydrazone groups is 1. The topological polar surface area (TPSA) is 117 Å². The van der Waals surface area contributed by atoms with Gasteiger partial charge in [0.05, 0.1) is 11.3 Å². The van der Waals surface area contributed by atoms with Crippen LogP contribution in [0.5, 0.6) is 5.75 Å². The molecule has 4 N–H and O–H groups in total. The number of carbonyl (C=O) groups excluding carboxylic acids is 2. The fourth-order valence-corrected chi connectivity index (χ4v) is 3.01. The fraction of sp³-hybridized carbons (Fsp3) is 0.286. The highest BCUT2D eigenvalue weighted by Gasteiger charge is 2.35. The van der Waals surface area contributed by atoms with E-state index in [1.165, 1.54) is 17.1 Å². The van der Waals surface area contributed by atoms with E-state index in [0.717, 1.165) is 12.1 Å². The smallest absolute Gasteiger partial charge is 0.416 e. The van der Waals surface area contributed by atoms with E-state index in [1.807, 2.05) is 0 Å². The number of alkyl halides is 3. The lowest BCUT2D eigenvalue weighted by atomic mass is 10.1. The first kappa shape index (κ1) is 23.1. The van der Waals surface area contributed by atoms with Gasteiger partial charge in [0.25, 0.3) is 5.91 Å². The highest BCUT2D eigenvalue weighted by Crippen LogP contribution is 2.31. The molecule has 1 aliphatic heterocycles. The summed E-state index contributed by atoms with van der Waals surface area (Å²) < 4.78 is 43.4. The molecule has 0 aromatic heterocycles. The van der Waals surface area contributed by atoms with Gasteiger partial charge in [-0.15, -0.1) is 0 Å². The Kier molecular flexibility index (Phi) is 6.98. The summed E-state index contributed by atoms with van der Waals surface area (Å²) in [4.78, 5) is 24.2. The molecule has 0 spiro atoms. The molecule has 2 aromatic carbocycles. The van der Waals surface area contributed by atoms with Crippen LogP contribution in [0.2, 0.25) is 0 Å². The van der Waals surface area contributed by atoms with Gasteiger partial charge in [0.1, 0.15) is 30.2 Å². The van der Waals surface area contributed by atoms with Crippen LogP contribution < -0.4 is 20.8 Å². The second-order valence-electron chi connectivity index (χ2n) is 7.05. The third kappa shape index (κ3) is 5.76. The van der Waals surface area contributed by atoms with Crippen molar-refractivity contribution in [1.29, 1.82) is 0 Å². The molecule has 170 valence electrons. The average molecular weight is 450 g/mol. The van der Waals surface area contributed by atoms with Crippen molar-refractivity contribution >= 4 is 23.2 Å². The van der Waals surface area contributed by atoms with Crippen LogP contribution in [0.15, 0.2) is 59.7 Å². The molecule has 2 atom stereocenters. The minimum absolute atomic E-state index is 0.00705. The van der Waals surface area contributed by atoms with E-state index >= 15 is 0 Å². The number of amides is 2. The lowest BCUT2D eigenvalue weighted by Crippen LogP contribution is -2.41. The molecule has 1 heterocycles. The second kappa shape index (κ2) is 9.69. The van der Waals surface area contributed by atoms with Crippen LogP contribution in [0.1, 0.15) is 12.0 Å². The Bertz CT molecular complexity index is 998. The van der Waals surface area contributed by atoms with Gasteiger partial charge in [-0.25, -0.2) is 0 Å². The third-order valence-corrected chi connectivity index (χ3v) is 4.62. The van der Waals surface area contributed by atoms with Crippen molar-refractivity contribution in [1.82, 2.24) is 5.32 Å². The Balaban J connectivity index is 1.54. The summed E-state index contributed by atoms with van der Waals surface area (Å²) in [5.41, 5.74) is 5.21. The lowest BCUT2D eigenvalue weighted by Gasteiger charge is -2.20. The molecule has 11 heteroatoms. The van der Waals surface area contributed by atoms with Gasteiger partial charge in [0, 0.05) is 13.0 Å². The Hall–Kier alpha value is -3.60. The van der Waals surface area contributed by atoms with Gasteiger partial charge in [-0.3, -0.25) is 14.6 Å². The zero-order valence-electron chi connectivity index (χ0n) is 16.7. The molecule has 0 bridgehead atoms. The molecule has 2 amide bonds. The molecule has 0 saturated heterocycles. The Morgan fingerprint density at radius 3 is 2.59 bits per heavy atom. The lowest BCUT2D eigenvalue weighted by molar-refractivity contribution is -0.137. The van der Waals surface area contributed by atoms with E-state index in [1.54, 1.807) is 30.3 Å². The molecular weight excluding hydrogens is 429 g/mol. The fourth-order valence-electron chi connectivity index (χ4n) is 3.01. The molecule has 3 rings (SSSR count). The number of aliphatic hydroxyl groups is 1. The number of aliphatic hydroxyl groups excluding tert-OH is 1. The Morgan fingerprint density at radius 2 is 1.94 bits per heavy atom. The summed E-state index contributed by atoms with van der Waals surface area (Å²) in [6, 6.07) is 12.2. The molecule has 2 aromatic rings. The number of para-hydroxylation sites is 1. The molecule has 2 unspecified atom stereocenters. The standard InChI is InChI=1S/C21H21F3N4O4/c22-21(23,24)13-5-4-8-16(9-13)32-12-15(29)11-26-20(31)17-10-18(19(25)30)28(27-17)14-6-2-1-3-7-14/h1-9,15,18,29H,10-12H2,(H2,25,30)(H,26,31). The zero-order valence-corrected chi connectivity index (χ0v) is 16.7. The van der Waals surface area contributed by atoms with Gasteiger partial charge in [0.15, 0.2) is 0 Å². The van der Waals surface area contributed by atoms with Gasteiger partial charge >= 0.3 is 6.18 Å². The minimum atomic E-state index is -4.51. The largest absolute Gasteiger partial charge is 0.491 e. The van der Waals surface area contributed by atoms with Crippen molar-refractivity contribution in [2.24, 2.45) is 10.8 Å². The first-order valence-corrected chi connectivity index (χ1v) is 9.62. The molecular formula is C21H21F3N4O4. The Labute approximate surface area is 181 Å². The monoisotopic (exact) mass is 450 g/mol. The van der Waals surface area contributed by atoms with Crippen LogP contribution in [-0.2, 0) is 15.8 Å². The van der Waals surface area contributed by atoms with Crippen LogP contribution in [-0.4, -0.2) is 47.9 Å². The Morgan fingerprint density at radius 1 is 1.22 bits per heavy atom. The summed E-state index contributed by atoms with van der Waals surface area (Å²) in [6.45, 7) is -0.572. The number of ether oxygens (including phenoxy) is 1. The number of nitrogens with two attached hydrogens (primary N) is 1. The van der Waals surface area contributed by atoms with Crippen LogP contribution in [0.3, 0.4) is 0 Å². The van der Waals surface area contributed by atoms with Crippen LogP contribution in [0, 0.1) is 0 Å². The number of carbonyl (C=O) groups is 2. The molecule has 0 fully saturated rings. The number of benzene rings is 2. The van der Waals surface area contributed by atoms with Gasteiger partial charge in [-0.2, -0.15) is 18.3 Å². The highest BCUT2D eigenvalue weighted by atomic mass is 19.4. The maximum atomic E-state index is 12.7. The number of hydrogen-bond donors (Lipinski definition) is 3. The van der Waals surface area contributed by atoms with Crippen molar-refractivity contribution in [2.75, 3.05) is 18.2 Å². The van der Waals surface area contributed by atoms with E-state index in [-0.39, 0.29) is 31.0 Å². The van der Waals surface area contributed by atoms with Gasteiger partial charge in [0.2, 0.25) is 5.91 Å². The molecule has 1 aliphatic rings. The number of primary amides is 1. The molecule has 32 heavy (non-hydrogen) atoms. The number of rotatable bonds is 8. The molecule has 0 radical (unpaired) electrons. The van der Waals surface area contributed by atoms with Crippen LogP contribution in [0.25, 0.3) is 0 Å². The SMILES string of the molecule is NC(=O)C1CC(C(=O)NCC(O)COc2cccc(C(F)(F)F)c2)=NN1c1ccccc1. The van der Waals surface area contributed by atoms with E-state index in [9.17, 15) is 27.9 Å². The highest BCUT2D eigenvalue weighted by molar-refractivity contribution is 6.40. The van der Waals surface area contributed by atoms with Crippen molar-refractivity contribution in [3.63, 3.8) is 0 Å². The number of hydrogen-bond acceptors (Lipinski definition) is 6. The van der Waals surface area contributed by atoms with Crippen LogP contribution in [0.4, 0.5) is 18.9 Å². The summed E-state index contributed by atoms with van der Waals surface area (Å²) in [7, 11) is 0. The average Bonchev–Trinajstić information content (AvgIpc) is 3.22. The third-order valence-electron chi connectivity index (χ3n) is 4.62. The molecule has 8 nitrogen and oxygen atoms in total. The van der Waals surface area contributed by atoms with Gasteiger partial charge < -0.3 is 20.9 Å². The van der Waals surface area contributed by atoms with Crippen molar-refractivity contribution in [2.45, 2.75) is 24.7 Å². The summed E-state index contributed by atoms with van der Waals surface area (Å²) in [5.74, 6) is -1.31. The number of nitrogens with zero attached hydrogens (tertiary/aromatic N) is 2. The van der Waals surface area contributed by atoms with Gasteiger partial charge in [-0.1, -0.05) is 24.3 Å². The number of halogens is 3. The molecule has 0 saturated carbocycles. The predicted molar refractivity (Wildman–Crippen MR) is 110 cm³/mol. The minimum Gasteiger partial charge on any atom is -0.491 e. The quantitative estimate of drug-likeness (QED) is 0.566. The predicted octanol–water partition coefficient (Wildman–Crippen LogP) is 1.68. The van der Waals surface area contributed by atoms with E-state index in [0.29, 0.717) is 5.69 Å². The van der Waals surface area contributed by atoms with Crippen LogP contribution >= 0.6 is 0 Å². The van der Waals surface area contributed by atoms with E-state index in [2.05, 4.69) is 10.4 Å². The first-order chi connectivity index (χ1) is 15.1. The maximum absolute atomic E-state index is 12.7. The molecule has 0 aliphatic carbocycles. The maximum Gasteiger partial charge on any atom is 0.416 e. The number of nitrogens with one attached hydrogen (secondary N) is 1. The van der Waals surface area contributed by atoms with Gasteiger partial charge in [-0.05, 0) is 30.3 Å². The van der Waals surface area contributed by atoms with Crippen molar-refractivity contribution in [3.8, 4) is 5.75 Å². The summed E-state index contributed by atoms with van der Waals surface area (Å²) >= 11 is 0. The van der Waals surface area contributed by atoms with Crippen molar-refractivity contribution < 1.29 is 32.6 Å².